The first-order valence-electron chi connectivity index (χ1n) is 4.62. The number of amides is 1. The van der Waals surface area contributed by atoms with E-state index < -0.39 is 0 Å². The molecule has 0 aliphatic carbocycles. The van der Waals surface area contributed by atoms with Gasteiger partial charge in [-0.1, -0.05) is 0 Å². The Kier molecular flexibility index (Phi) is 2.19. The maximum Gasteiger partial charge on any atom is 0.251 e. The van der Waals surface area contributed by atoms with Crippen LogP contribution in [0, 0.1) is 11.3 Å². The lowest BCUT2D eigenvalue weighted by atomic mass is 10.0. The van der Waals surface area contributed by atoms with Crippen molar-refractivity contribution in [3.63, 3.8) is 0 Å². The summed E-state index contributed by atoms with van der Waals surface area (Å²) in [4.78, 5) is 11.5. The third kappa shape index (κ3) is 1.47. The molecule has 1 aliphatic rings. The molecule has 0 saturated carbocycles. The van der Waals surface area contributed by atoms with Crippen molar-refractivity contribution in [1.82, 2.24) is 5.32 Å². The van der Waals surface area contributed by atoms with Gasteiger partial charge in [-0.05, 0) is 36.6 Å². The van der Waals surface area contributed by atoms with Crippen LogP contribution in [0.4, 0.5) is 0 Å². The van der Waals surface area contributed by atoms with Gasteiger partial charge in [-0.2, -0.15) is 5.26 Å². The number of hydrogen-bond acceptors (Lipinski definition) is 2. The van der Waals surface area contributed by atoms with Gasteiger partial charge in [-0.25, -0.2) is 0 Å². The molecule has 0 atom stereocenters. The maximum absolute atomic E-state index is 11.5. The lowest BCUT2D eigenvalue weighted by Crippen LogP contribution is -2.22. The third-order valence-electron chi connectivity index (χ3n) is 2.39. The van der Waals surface area contributed by atoms with Gasteiger partial charge in [0, 0.05) is 12.1 Å². The summed E-state index contributed by atoms with van der Waals surface area (Å²) in [6.45, 7) is 0.718. The van der Waals surface area contributed by atoms with E-state index >= 15 is 0 Å². The Morgan fingerprint density at radius 1 is 1.43 bits per heavy atom. The number of carbonyl (C=O) groups excluding carboxylic acids is 1. The minimum absolute atomic E-state index is 0.0259. The van der Waals surface area contributed by atoms with Crippen LogP contribution >= 0.6 is 0 Å². The fourth-order valence-corrected chi connectivity index (χ4v) is 1.67. The minimum Gasteiger partial charge on any atom is -0.352 e. The van der Waals surface area contributed by atoms with E-state index in [4.69, 9.17) is 5.26 Å². The highest BCUT2D eigenvalue weighted by Gasteiger charge is 2.14. The molecular weight excluding hydrogens is 176 g/mol. The van der Waals surface area contributed by atoms with Crippen molar-refractivity contribution in [3.8, 4) is 6.07 Å². The molecule has 70 valence electrons. The molecule has 0 radical (unpaired) electrons. The molecule has 1 aromatic carbocycles. The summed E-state index contributed by atoms with van der Waals surface area (Å²) >= 11 is 0. The van der Waals surface area contributed by atoms with Gasteiger partial charge in [0.05, 0.1) is 11.6 Å². The van der Waals surface area contributed by atoms with E-state index in [1.54, 1.807) is 18.2 Å². The maximum atomic E-state index is 11.5. The lowest BCUT2D eigenvalue weighted by molar-refractivity contribution is 0.0956. The number of hydrogen-bond donors (Lipinski definition) is 1. The first-order chi connectivity index (χ1) is 6.81. The van der Waals surface area contributed by atoms with E-state index in [0.717, 1.165) is 24.9 Å². The van der Waals surface area contributed by atoms with E-state index in [1.165, 1.54) is 0 Å². The molecule has 1 aromatic rings. The van der Waals surface area contributed by atoms with Crippen LogP contribution in [0.3, 0.4) is 0 Å². The van der Waals surface area contributed by atoms with Crippen LogP contribution < -0.4 is 5.32 Å². The largest absolute Gasteiger partial charge is 0.352 e. The van der Waals surface area contributed by atoms with Gasteiger partial charge in [-0.3, -0.25) is 4.79 Å². The summed E-state index contributed by atoms with van der Waals surface area (Å²) in [5, 5.41) is 11.5. The van der Waals surface area contributed by atoms with E-state index in [9.17, 15) is 4.79 Å². The van der Waals surface area contributed by atoms with Gasteiger partial charge < -0.3 is 5.32 Å². The molecule has 3 heteroatoms. The second-order valence-electron chi connectivity index (χ2n) is 3.34. The normalized spacial score (nSPS) is 14.9. The predicted molar refractivity (Wildman–Crippen MR) is 51.8 cm³/mol. The van der Waals surface area contributed by atoms with Crippen LogP contribution in [0.25, 0.3) is 0 Å². The minimum atomic E-state index is -0.0259. The summed E-state index contributed by atoms with van der Waals surface area (Å²) in [6.07, 6.45) is 1.80. The molecule has 1 aliphatic heterocycles. The highest BCUT2D eigenvalue weighted by Crippen LogP contribution is 2.15. The molecule has 1 N–H and O–H groups in total. The average Bonchev–Trinajstić information content (AvgIpc) is 2.40. The number of nitrogens with one attached hydrogen (secondary N) is 1. The molecule has 0 aromatic heterocycles. The van der Waals surface area contributed by atoms with Crippen LogP contribution in [0.1, 0.15) is 27.9 Å². The van der Waals surface area contributed by atoms with Gasteiger partial charge in [0.25, 0.3) is 5.91 Å². The Morgan fingerprint density at radius 3 is 3.07 bits per heavy atom. The monoisotopic (exact) mass is 186 g/mol. The van der Waals surface area contributed by atoms with E-state index in [2.05, 4.69) is 11.4 Å². The highest BCUT2D eigenvalue weighted by atomic mass is 16.1. The number of aryl methyl sites for hydroxylation is 1. The fourth-order valence-electron chi connectivity index (χ4n) is 1.67. The molecule has 0 bridgehead atoms. The van der Waals surface area contributed by atoms with Crippen LogP contribution in [0.15, 0.2) is 18.2 Å². The van der Waals surface area contributed by atoms with E-state index in [-0.39, 0.29) is 5.91 Å². The van der Waals surface area contributed by atoms with Crippen LogP contribution in [-0.4, -0.2) is 12.5 Å². The number of benzene rings is 1. The Balaban J connectivity index is 2.49. The van der Waals surface area contributed by atoms with Crippen LogP contribution in [-0.2, 0) is 6.42 Å². The molecule has 1 heterocycles. The molecule has 0 unspecified atom stereocenters. The van der Waals surface area contributed by atoms with E-state index in [0.29, 0.717) is 11.1 Å². The van der Waals surface area contributed by atoms with Crippen molar-refractivity contribution in [2.45, 2.75) is 12.8 Å². The standard InChI is InChI=1S/C11H10N2O/c12-7-8-3-4-10-9(6-8)2-1-5-13-11(10)14/h3-4,6H,1-2,5H2,(H,13,14). The number of carbonyl (C=O) groups is 1. The molecule has 3 nitrogen and oxygen atoms in total. The molecule has 0 fully saturated rings. The van der Waals surface area contributed by atoms with Gasteiger partial charge in [0.15, 0.2) is 0 Å². The number of nitriles is 1. The summed E-state index contributed by atoms with van der Waals surface area (Å²) in [6, 6.07) is 7.30. The lowest BCUT2D eigenvalue weighted by Gasteiger charge is -2.03. The second-order valence-corrected chi connectivity index (χ2v) is 3.34. The fraction of sp³-hybridized carbons (Fsp3) is 0.273. The quantitative estimate of drug-likeness (QED) is 0.662. The SMILES string of the molecule is N#Cc1ccc2c(c1)CCCNC2=O. The van der Waals surface area contributed by atoms with Gasteiger partial charge in [0.2, 0.25) is 0 Å². The molecule has 0 spiro atoms. The van der Waals surface area contributed by atoms with Crippen molar-refractivity contribution >= 4 is 5.91 Å². The summed E-state index contributed by atoms with van der Waals surface area (Å²) < 4.78 is 0. The molecular formula is C11H10N2O. The topological polar surface area (TPSA) is 52.9 Å². The van der Waals surface area contributed by atoms with Crippen LogP contribution in [0.2, 0.25) is 0 Å². The van der Waals surface area contributed by atoms with Crippen molar-refractivity contribution < 1.29 is 4.79 Å². The number of fused-ring (bicyclic) bond motifs is 1. The van der Waals surface area contributed by atoms with Crippen molar-refractivity contribution in [2.75, 3.05) is 6.54 Å². The zero-order valence-electron chi connectivity index (χ0n) is 7.71. The molecule has 0 saturated heterocycles. The zero-order chi connectivity index (χ0) is 9.97. The average molecular weight is 186 g/mol. The number of nitrogens with zero attached hydrogens (tertiary/aromatic N) is 1. The summed E-state index contributed by atoms with van der Waals surface area (Å²) in [5.41, 5.74) is 2.32. The van der Waals surface area contributed by atoms with Crippen molar-refractivity contribution in [1.29, 1.82) is 5.26 Å². The number of rotatable bonds is 0. The van der Waals surface area contributed by atoms with Crippen LogP contribution in [0.5, 0.6) is 0 Å². The highest BCUT2D eigenvalue weighted by molar-refractivity contribution is 5.96. The summed E-state index contributed by atoms with van der Waals surface area (Å²) in [7, 11) is 0. The first-order valence-corrected chi connectivity index (χ1v) is 4.62. The Morgan fingerprint density at radius 2 is 2.29 bits per heavy atom. The second kappa shape index (κ2) is 3.51. The molecule has 1 amide bonds. The van der Waals surface area contributed by atoms with Gasteiger partial charge >= 0.3 is 0 Å². The van der Waals surface area contributed by atoms with Gasteiger partial charge in [0.1, 0.15) is 0 Å². The van der Waals surface area contributed by atoms with Crippen molar-refractivity contribution in [2.24, 2.45) is 0 Å². The predicted octanol–water partition coefficient (Wildman–Crippen LogP) is 1.23. The smallest absolute Gasteiger partial charge is 0.251 e. The van der Waals surface area contributed by atoms with Gasteiger partial charge in [-0.15, -0.1) is 0 Å². The zero-order valence-corrected chi connectivity index (χ0v) is 7.71. The Labute approximate surface area is 82.4 Å². The van der Waals surface area contributed by atoms with E-state index in [1.807, 2.05) is 0 Å². The first kappa shape index (κ1) is 8.76. The molecule has 2 rings (SSSR count). The Hall–Kier alpha value is -1.82. The third-order valence-corrected chi connectivity index (χ3v) is 2.39. The van der Waals surface area contributed by atoms with Crippen molar-refractivity contribution in [3.05, 3.63) is 34.9 Å². The Bertz CT molecular complexity index is 418. The summed E-state index contributed by atoms with van der Waals surface area (Å²) in [5.74, 6) is -0.0259. The molecule has 14 heavy (non-hydrogen) atoms.